The molecule has 1 saturated heterocycles. The van der Waals surface area contributed by atoms with Gasteiger partial charge in [0.05, 0.1) is 24.9 Å². The van der Waals surface area contributed by atoms with E-state index >= 15 is 0 Å². The van der Waals surface area contributed by atoms with Crippen LogP contribution in [-0.4, -0.2) is 34.7 Å². The summed E-state index contributed by atoms with van der Waals surface area (Å²) in [6, 6.07) is -0.420. The Morgan fingerprint density at radius 2 is 1.94 bits per heavy atom. The molecule has 1 saturated carbocycles. The molecule has 1 aromatic heterocycles. The highest BCUT2D eigenvalue weighted by molar-refractivity contribution is 7.09. The maximum atomic E-state index is 10.7. The lowest BCUT2D eigenvalue weighted by Gasteiger charge is -2.42. The summed E-state index contributed by atoms with van der Waals surface area (Å²) >= 11 is 1.49. The van der Waals surface area contributed by atoms with Crippen LogP contribution in [0, 0.1) is 0 Å². The number of aromatic nitrogens is 1. The van der Waals surface area contributed by atoms with E-state index in [1.807, 2.05) is 5.38 Å². The van der Waals surface area contributed by atoms with Gasteiger partial charge in [0.15, 0.2) is 5.79 Å². The second kappa shape index (κ2) is 4.54. The number of rotatable bonds is 2. The average Bonchev–Trinajstić information content (AvgIpc) is 3.05. The number of nitrogens with two attached hydrogens (primary N) is 1. The largest absolute Gasteiger partial charge is 0.388 e. The summed E-state index contributed by atoms with van der Waals surface area (Å²) in [5.74, 6) is -0.463. The standard InChI is InChI=1S/C12H18N2O3S/c13-9(10-14-5-8-18-10)11(15)1-3-12(4-2-11)16-6-7-17-12/h5,8-9,15H,1-4,6-7,13H2. The van der Waals surface area contributed by atoms with Crippen molar-refractivity contribution in [2.24, 2.45) is 5.73 Å². The monoisotopic (exact) mass is 270 g/mol. The molecule has 18 heavy (non-hydrogen) atoms. The van der Waals surface area contributed by atoms with Gasteiger partial charge in [0.25, 0.3) is 0 Å². The SMILES string of the molecule is NC(c1nccs1)C1(O)CCC2(CC1)OCCO2. The molecule has 1 aliphatic heterocycles. The molecule has 0 bridgehead atoms. The first-order chi connectivity index (χ1) is 8.64. The van der Waals surface area contributed by atoms with Gasteiger partial charge in [-0.1, -0.05) is 0 Å². The first-order valence-electron chi connectivity index (χ1n) is 6.29. The summed E-state index contributed by atoms with van der Waals surface area (Å²) in [4.78, 5) is 4.20. The zero-order valence-electron chi connectivity index (χ0n) is 10.2. The van der Waals surface area contributed by atoms with Crippen LogP contribution in [0.5, 0.6) is 0 Å². The van der Waals surface area contributed by atoms with Crippen molar-refractivity contribution in [3.05, 3.63) is 16.6 Å². The Balaban J connectivity index is 1.70. The molecule has 0 amide bonds. The van der Waals surface area contributed by atoms with Crippen LogP contribution in [0.2, 0.25) is 0 Å². The van der Waals surface area contributed by atoms with Crippen LogP contribution in [0.3, 0.4) is 0 Å². The Labute approximate surface area is 110 Å². The summed E-state index contributed by atoms with van der Waals surface area (Å²) in [6.07, 6.45) is 4.30. The Hall–Kier alpha value is -0.530. The van der Waals surface area contributed by atoms with Gasteiger partial charge in [0.2, 0.25) is 0 Å². The molecule has 0 aromatic carbocycles. The summed E-state index contributed by atoms with van der Waals surface area (Å²) in [6.45, 7) is 1.30. The third-order valence-corrected chi connectivity index (χ3v) is 4.85. The zero-order valence-corrected chi connectivity index (χ0v) is 11.0. The first-order valence-corrected chi connectivity index (χ1v) is 7.17. The highest BCUT2D eigenvalue weighted by Gasteiger charge is 2.48. The lowest BCUT2D eigenvalue weighted by atomic mass is 9.77. The van der Waals surface area contributed by atoms with E-state index in [1.165, 1.54) is 11.3 Å². The first kappa shape index (κ1) is 12.5. The molecule has 5 nitrogen and oxygen atoms in total. The lowest BCUT2D eigenvalue weighted by Crippen LogP contribution is -2.49. The van der Waals surface area contributed by atoms with Gasteiger partial charge in [0, 0.05) is 24.4 Å². The number of ether oxygens (including phenoxy) is 2. The van der Waals surface area contributed by atoms with Crippen molar-refractivity contribution in [1.29, 1.82) is 0 Å². The molecule has 1 spiro atoms. The minimum Gasteiger partial charge on any atom is -0.388 e. The summed E-state index contributed by atoms with van der Waals surface area (Å²) in [7, 11) is 0. The van der Waals surface area contributed by atoms with Crippen molar-refractivity contribution < 1.29 is 14.6 Å². The van der Waals surface area contributed by atoms with Gasteiger partial charge in [-0.15, -0.1) is 11.3 Å². The van der Waals surface area contributed by atoms with Crippen LogP contribution >= 0.6 is 11.3 Å². The Bertz CT molecular complexity index is 393. The van der Waals surface area contributed by atoms with Gasteiger partial charge in [-0.2, -0.15) is 0 Å². The van der Waals surface area contributed by atoms with Crippen LogP contribution in [-0.2, 0) is 9.47 Å². The molecule has 1 unspecified atom stereocenters. The number of hydrogen-bond donors (Lipinski definition) is 2. The summed E-state index contributed by atoms with van der Waals surface area (Å²) in [5, 5.41) is 13.4. The molecule has 2 aliphatic rings. The predicted molar refractivity (Wildman–Crippen MR) is 67.1 cm³/mol. The fraction of sp³-hybridized carbons (Fsp3) is 0.750. The Morgan fingerprint density at radius 3 is 2.50 bits per heavy atom. The molecule has 6 heteroatoms. The van der Waals surface area contributed by atoms with Gasteiger partial charge >= 0.3 is 0 Å². The minimum absolute atomic E-state index is 0.420. The molecular formula is C12H18N2O3S. The highest BCUT2D eigenvalue weighted by atomic mass is 32.1. The van der Waals surface area contributed by atoms with Crippen LogP contribution < -0.4 is 5.73 Å². The third kappa shape index (κ3) is 2.08. The van der Waals surface area contributed by atoms with E-state index in [0.717, 1.165) is 5.01 Å². The van der Waals surface area contributed by atoms with E-state index in [4.69, 9.17) is 15.2 Å². The van der Waals surface area contributed by atoms with Crippen LogP contribution in [0.15, 0.2) is 11.6 Å². The summed E-state index contributed by atoms with van der Waals surface area (Å²) in [5.41, 5.74) is 5.26. The average molecular weight is 270 g/mol. The smallest absolute Gasteiger partial charge is 0.168 e. The molecular weight excluding hydrogens is 252 g/mol. The van der Waals surface area contributed by atoms with Crippen molar-refractivity contribution in [1.82, 2.24) is 4.98 Å². The molecule has 1 aromatic rings. The van der Waals surface area contributed by atoms with Gasteiger partial charge in [-0.3, -0.25) is 0 Å². The Kier molecular flexibility index (Phi) is 3.15. The quantitative estimate of drug-likeness (QED) is 0.844. The third-order valence-electron chi connectivity index (χ3n) is 3.99. The van der Waals surface area contributed by atoms with E-state index in [0.29, 0.717) is 38.9 Å². The second-order valence-corrected chi connectivity index (χ2v) is 5.99. The van der Waals surface area contributed by atoms with Gasteiger partial charge in [0.1, 0.15) is 5.01 Å². The molecule has 100 valence electrons. The normalized spacial score (nSPS) is 27.4. The Morgan fingerprint density at radius 1 is 1.28 bits per heavy atom. The van der Waals surface area contributed by atoms with E-state index in [2.05, 4.69) is 4.98 Å². The maximum Gasteiger partial charge on any atom is 0.168 e. The number of nitrogens with zero attached hydrogens (tertiary/aromatic N) is 1. The molecule has 0 radical (unpaired) electrons. The number of hydrogen-bond acceptors (Lipinski definition) is 6. The molecule has 3 rings (SSSR count). The van der Waals surface area contributed by atoms with Crippen molar-refractivity contribution in [2.45, 2.75) is 43.1 Å². The molecule has 3 N–H and O–H groups in total. The molecule has 1 aliphatic carbocycles. The van der Waals surface area contributed by atoms with Crippen molar-refractivity contribution in [3.8, 4) is 0 Å². The van der Waals surface area contributed by atoms with Crippen molar-refractivity contribution in [3.63, 3.8) is 0 Å². The number of thiazole rings is 1. The van der Waals surface area contributed by atoms with Crippen LogP contribution in [0.4, 0.5) is 0 Å². The van der Waals surface area contributed by atoms with E-state index in [9.17, 15) is 5.11 Å². The van der Waals surface area contributed by atoms with E-state index in [1.54, 1.807) is 6.20 Å². The zero-order chi connectivity index (χ0) is 12.6. The van der Waals surface area contributed by atoms with Gasteiger partial charge in [-0.05, 0) is 12.8 Å². The van der Waals surface area contributed by atoms with Gasteiger partial charge < -0.3 is 20.3 Å². The fourth-order valence-electron chi connectivity index (χ4n) is 2.78. The van der Waals surface area contributed by atoms with Crippen molar-refractivity contribution >= 4 is 11.3 Å². The lowest BCUT2D eigenvalue weighted by molar-refractivity contribution is -0.205. The topological polar surface area (TPSA) is 77.6 Å². The highest BCUT2D eigenvalue weighted by Crippen LogP contribution is 2.44. The van der Waals surface area contributed by atoms with Crippen LogP contribution in [0.1, 0.15) is 36.7 Å². The predicted octanol–water partition coefficient (Wildman–Crippen LogP) is 1.19. The fourth-order valence-corrected chi connectivity index (χ4v) is 3.53. The minimum atomic E-state index is -0.890. The molecule has 1 atom stereocenters. The van der Waals surface area contributed by atoms with Crippen LogP contribution in [0.25, 0.3) is 0 Å². The second-order valence-electron chi connectivity index (χ2n) is 5.06. The van der Waals surface area contributed by atoms with Crippen molar-refractivity contribution in [2.75, 3.05) is 13.2 Å². The number of aliphatic hydroxyl groups is 1. The van der Waals surface area contributed by atoms with E-state index < -0.39 is 17.4 Å². The molecule has 2 fully saturated rings. The molecule has 2 heterocycles. The van der Waals surface area contributed by atoms with Gasteiger partial charge in [-0.25, -0.2) is 4.98 Å². The summed E-state index contributed by atoms with van der Waals surface area (Å²) < 4.78 is 11.3. The maximum absolute atomic E-state index is 10.7. The van der Waals surface area contributed by atoms with E-state index in [-0.39, 0.29) is 0 Å².